The standard InChI is InChI=1S/C15H21FN4O4/c1-7(2)20-14(16)9(4-17-20)15(22)19-11-6-24-12-10(18-8(3)21)5-23-13(11)12/h4,7,10-13H,5-6H2,1-3H3,(H,18,21)(H,19,22)/t10-,11-,12+,13+/m0/s1. The highest BCUT2D eigenvalue weighted by molar-refractivity contribution is 5.94. The lowest BCUT2D eigenvalue weighted by atomic mass is 10.1. The molecule has 132 valence electrons. The summed E-state index contributed by atoms with van der Waals surface area (Å²) >= 11 is 0. The Hall–Kier alpha value is -2.00. The summed E-state index contributed by atoms with van der Waals surface area (Å²) in [5.41, 5.74) is -0.108. The number of fused-ring (bicyclic) bond motifs is 1. The maximum Gasteiger partial charge on any atom is 0.257 e. The van der Waals surface area contributed by atoms with Gasteiger partial charge in [0.25, 0.3) is 5.91 Å². The quantitative estimate of drug-likeness (QED) is 0.805. The minimum absolute atomic E-state index is 0.108. The molecule has 0 aromatic carbocycles. The fraction of sp³-hybridized carbons (Fsp3) is 0.667. The van der Waals surface area contributed by atoms with Crippen LogP contribution in [0.25, 0.3) is 0 Å². The van der Waals surface area contributed by atoms with Crippen molar-refractivity contribution in [3.05, 3.63) is 17.7 Å². The van der Waals surface area contributed by atoms with Crippen LogP contribution in [0.5, 0.6) is 0 Å². The average Bonchev–Trinajstić information content (AvgIpc) is 3.16. The second kappa shape index (κ2) is 6.48. The average molecular weight is 340 g/mol. The predicted octanol–water partition coefficient (Wildman–Crippen LogP) is 0.00380. The lowest BCUT2D eigenvalue weighted by Gasteiger charge is -2.17. The van der Waals surface area contributed by atoms with Crippen LogP contribution in [0.3, 0.4) is 0 Å². The van der Waals surface area contributed by atoms with E-state index in [1.165, 1.54) is 13.1 Å². The monoisotopic (exact) mass is 340 g/mol. The molecule has 2 fully saturated rings. The summed E-state index contributed by atoms with van der Waals surface area (Å²) in [7, 11) is 0. The van der Waals surface area contributed by atoms with Gasteiger partial charge in [-0.15, -0.1) is 0 Å². The van der Waals surface area contributed by atoms with E-state index in [1.54, 1.807) is 13.8 Å². The van der Waals surface area contributed by atoms with Gasteiger partial charge in [-0.3, -0.25) is 9.59 Å². The number of hydrogen-bond acceptors (Lipinski definition) is 5. The second-order valence-corrected chi connectivity index (χ2v) is 6.37. The van der Waals surface area contributed by atoms with E-state index in [-0.39, 0.29) is 42.4 Å². The molecule has 0 saturated carbocycles. The Morgan fingerprint density at radius 3 is 2.33 bits per heavy atom. The van der Waals surface area contributed by atoms with Gasteiger partial charge >= 0.3 is 0 Å². The molecule has 2 aliphatic heterocycles. The maximum atomic E-state index is 14.2. The third-order valence-electron chi connectivity index (χ3n) is 4.23. The minimum Gasteiger partial charge on any atom is -0.371 e. The first-order chi connectivity index (χ1) is 11.4. The molecular weight excluding hydrogens is 319 g/mol. The van der Waals surface area contributed by atoms with Gasteiger partial charge in [0, 0.05) is 13.0 Å². The van der Waals surface area contributed by atoms with Crippen LogP contribution in [-0.2, 0) is 14.3 Å². The smallest absolute Gasteiger partial charge is 0.257 e. The Morgan fingerprint density at radius 2 is 1.83 bits per heavy atom. The summed E-state index contributed by atoms with van der Waals surface area (Å²) in [6.07, 6.45) is 0.532. The zero-order valence-corrected chi connectivity index (χ0v) is 13.8. The first-order valence-electron chi connectivity index (χ1n) is 7.92. The molecule has 2 amide bonds. The van der Waals surface area contributed by atoms with Crippen molar-refractivity contribution in [2.75, 3.05) is 13.2 Å². The summed E-state index contributed by atoms with van der Waals surface area (Å²) < 4.78 is 26.7. The fourth-order valence-corrected chi connectivity index (χ4v) is 3.11. The highest BCUT2D eigenvalue weighted by Crippen LogP contribution is 2.27. The van der Waals surface area contributed by atoms with Crippen molar-refractivity contribution in [2.45, 2.75) is 51.1 Å². The molecule has 0 radical (unpaired) electrons. The molecule has 0 bridgehead atoms. The summed E-state index contributed by atoms with van der Waals surface area (Å²) in [4.78, 5) is 23.5. The number of hydrogen-bond donors (Lipinski definition) is 2. The molecule has 3 heterocycles. The zero-order valence-electron chi connectivity index (χ0n) is 13.8. The van der Waals surface area contributed by atoms with Gasteiger partial charge in [0.05, 0.1) is 31.5 Å². The Kier molecular flexibility index (Phi) is 4.55. The van der Waals surface area contributed by atoms with Crippen LogP contribution in [0.15, 0.2) is 6.20 Å². The first kappa shape index (κ1) is 16.8. The maximum absolute atomic E-state index is 14.2. The van der Waals surface area contributed by atoms with E-state index in [9.17, 15) is 14.0 Å². The van der Waals surface area contributed by atoms with Crippen LogP contribution in [0.4, 0.5) is 4.39 Å². The molecule has 24 heavy (non-hydrogen) atoms. The molecule has 1 aromatic rings. The van der Waals surface area contributed by atoms with Crippen molar-refractivity contribution in [1.82, 2.24) is 20.4 Å². The minimum atomic E-state index is -0.665. The summed E-state index contributed by atoms with van der Waals surface area (Å²) in [6.45, 7) is 5.55. The first-order valence-corrected chi connectivity index (χ1v) is 7.92. The van der Waals surface area contributed by atoms with Crippen molar-refractivity contribution < 1.29 is 23.5 Å². The van der Waals surface area contributed by atoms with E-state index >= 15 is 0 Å². The normalized spacial score (nSPS) is 28.9. The molecule has 0 spiro atoms. The van der Waals surface area contributed by atoms with Gasteiger partial charge in [-0.1, -0.05) is 0 Å². The Labute approximate surface area is 138 Å². The van der Waals surface area contributed by atoms with E-state index in [2.05, 4.69) is 15.7 Å². The van der Waals surface area contributed by atoms with Gasteiger partial charge in [0.15, 0.2) is 0 Å². The van der Waals surface area contributed by atoms with Crippen molar-refractivity contribution in [2.24, 2.45) is 0 Å². The van der Waals surface area contributed by atoms with Gasteiger partial charge in [-0.2, -0.15) is 9.49 Å². The van der Waals surface area contributed by atoms with Crippen LogP contribution < -0.4 is 10.6 Å². The molecule has 4 atom stereocenters. The second-order valence-electron chi connectivity index (χ2n) is 6.37. The van der Waals surface area contributed by atoms with Crippen molar-refractivity contribution in [1.29, 1.82) is 0 Å². The zero-order chi connectivity index (χ0) is 17.4. The van der Waals surface area contributed by atoms with Crippen molar-refractivity contribution >= 4 is 11.8 Å². The molecule has 2 N–H and O–H groups in total. The molecule has 0 unspecified atom stereocenters. The Bertz CT molecular complexity index is 647. The topological polar surface area (TPSA) is 94.5 Å². The lowest BCUT2D eigenvalue weighted by molar-refractivity contribution is -0.120. The van der Waals surface area contributed by atoms with Crippen LogP contribution in [-0.4, -0.2) is 59.1 Å². The molecule has 8 nitrogen and oxygen atoms in total. The largest absolute Gasteiger partial charge is 0.371 e. The van der Waals surface area contributed by atoms with E-state index in [0.717, 1.165) is 4.68 Å². The number of nitrogens with one attached hydrogen (secondary N) is 2. The highest BCUT2D eigenvalue weighted by Gasteiger charge is 2.48. The SMILES string of the molecule is CC(=O)N[C@H]1CO[C@H]2[C@@H]1OC[C@@H]2NC(=O)c1cnn(C(C)C)c1F. The van der Waals surface area contributed by atoms with Crippen molar-refractivity contribution in [3.63, 3.8) is 0 Å². The summed E-state index contributed by atoms with van der Waals surface area (Å²) in [5.74, 6) is -1.38. The number of carbonyl (C=O) groups is 2. The van der Waals surface area contributed by atoms with E-state index < -0.39 is 17.9 Å². The van der Waals surface area contributed by atoms with Crippen LogP contribution in [0, 0.1) is 5.95 Å². The van der Waals surface area contributed by atoms with Gasteiger partial charge in [0.1, 0.15) is 17.8 Å². The van der Waals surface area contributed by atoms with E-state index in [1.807, 2.05) is 0 Å². The fourth-order valence-electron chi connectivity index (χ4n) is 3.11. The number of carbonyl (C=O) groups excluding carboxylic acids is 2. The molecule has 2 saturated heterocycles. The molecule has 0 aliphatic carbocycles. The van der Waals surface area contributed by atoms with Crippen LogP contribution in [0.2, 0.25) is 0 Å². The van der Waals surface area contributed by atoms with Crippen molar-refractivity contribution in [3.8, 4) is 0 Å². The van der Waals surface area contributed by atoms with Gasteiger partial charge in [0.2, 0.25) is 11.9 Å². The van der Waals surface area contributed by atoms with Crippen LogP contribution >= 0.6 is 0 Å². The summed E-state index contributed by atoms with van der Waals surface area (Å²) in [5, 5.41) is 9.40. The molecule has 9 heteroatoms. The van der Waals surface area contributed by atoms with Gasteiger partial charge < -0.3 is 20.1 Å². The molecule has 1 aromatic heterocycles. The van der Waals surface area contributed by atoms with E-state index in [0.29, 0.717) is 6.61 Å². The van der Waals surface area contributed by atoms with E-state index in [4.69, 9.17) is 9.47 Å². The van der Waals surface area contributed by atoms with Gasteiger partial charge in [-0.05, 0) is 13.8 Å². The predicted molar refractivity (Wildman–Crippen MR) is 80.9 cm³/mol. The number of halogens is 1. The Balaban J connectivity index is 1.65. The summed E-state index contributed by atoms with van der Waals surface area (Å²) in [6, 6.07) is -0.819. The number of ether oxygens (including phenoxy) is 2. The third-order valence-corrected chi connectivity index (χ3v) is 4.23. The number of nitrogens with zero attached hydrogens (tertiary/aromatic N) is 2. The van der Waals surface area contributed by atoms with Gasteiger partial charge in [-0.25, -0.2) is 4.68 Å². The molecule has 2 aliphatic rings. The molecular formula is C15H21FN4O4. The number of rotatable bonds is 4. The lowest BCUT2D eigenvalue weighted by Crippen LogP contribution is -2.46. The Morgan fingerprint density at radius 1 is 1.25 bits per heavy atom. The number of amides is 2. The van der Waals surface area contributed by atoms with Crippen LogP contribution in [0.1, 0.15) is 37.2 Å². The highest BCUT2D eigenvalue weighted by atomic mass is 19.1. The third kappa shape index (κ3) is 3.01. The molecule has 3 rings (SSSR count). The number of aromatic nitrogens is 2.